The first kappa shape index (κ1) is 22.6. The number of rotatable bonds is 8. The van der Waals surface area contributed by atoms with Crippen LogP contribution in [-0.4, -0.2) is 33.9 Å². The van der Waals surface area contributed by atoms with Crippen molar-refractivity contribution >= 4 is 0 Å². The van der Waals surface area contributed by atoms with Crippen LogP contribution in [0.5, 0.6) is 5.75 Å². The Bertz CT molecular complexity index is 1140. The highest BCUT2D eigenvalue weighted by Gasteiger charge is 2.30. The smallest absolute Gasteiger partial charge is 0.138 e. The molecule has 0 bridgehead atoms. The molecule has 168 valence electrons. The van der Waals surface area contributed by atoms with Crippen molar-refractivity contribution in [3.05, 3.63) is 72.3 Å². The van der Waals surface area contributed by atoms with Gasteiger partial charge in [0.05, 0.1) is 25.3 Å². The number of ether oxygens (including phenoxy) is 1. The van der Waals surface area contributed by atoms with Crippen LogP contribution in [0.4, 0.5) is 0 Å². The zero-order chi connectivity index (χ0) is 23.0. The molecule has 3 aromatic rings. The Labute approximate surface area is 194 Å². The predicted octanol–water partition coefficient (Wildman–Crippen LogP) is 3.93. The molecule has 1 heterocycles. The summed E-state index contributed by atoms with van der Waals surface area (Å²) in [5.74, 6) is 8.43. The molecule has 0 spiro atoms. The SMILES string of the molecule is CC(O)c1nccn1CC#Cc1ccc(-c2ccc(OC3CC(CNCC#N)C3)cc2)cc1. The number of nitrogens with zero attached hydrogens (tertiary/aromatic N) is 3. The van der Waals surface area contributed by atoms with Crippen molar-refractivity contribution in [2.24, 2.45) is 5.92 Å². The van der Waals surface area contributed by atoms with Crippen LogP contribution in [0.15, 0.2) is 60.9 Å². The minimum atomic E-state index is -0.610. The Hall–Kier alpha value is -3.58. The summed E-state index contributed by atoms with van der Waals surface area (Å²) < 4.78 is 7.91. The Morgan fingerprint density at radius 3 is 2.52 bits per heavy atom. The van der Waals surface area contributed by atoms with Gasteiger partial charge in [-0.25, -0.2) is 4.98 Å². The van der Waals surface area contributed by atoms with E-state index in [0.29, 0.717) is 24.8 Å². The summed E-state index contributed by atoms with van der Waals surface area (Å²) in [6, 6.07) is 18.5. The van der Waals surface area contributed by atoms with E-state index in [4.69, 9.17) is 10.00 Å². The fourth-order valence-corrected chi connectivity index (χ4v) is 3.98. The Morgan fingerprint density at radius 1 is 1.15 bits per heavy atom. The zero-order valence-electron chi connectivity index (χ0n) is 18.7. The lowest BCUT2D eigenvalue weighted by Crippen LogP contribution is -2.39. The first-order valence-electron chi connectivity index (χ1n) is 11.2. The Kier molecular flexibility index (Phi) is 7.42. The summed E-state index contributed by atoms with van der Waals surface area (Å²) in [5, 5.41) is 21.4. The number of aliphatic hydroxyl groups excluding tert-OH is 1. The molecule has 33 heavy (non-hydrogen) atoms. The van der Waals surface area contributed by atoms with Gasteiger partial charge < -0.3 is 19.7 Å². The van der Waals surface area contributed by atoms with E-state index in [9.17, 15) is 5.11 Å². The molecular formula is C27H28N4O2. The summed E-state index contributed by atoms with van der Waals surface area (Å²) in [6.07, 6.45) is 5.22. The Balaban J connectivity index is 1.28. The maximum atomic E-state index is 9.72. The molecule has 2 aromatic carbocycles. The van der Waals surface area contributed by atoms with E-state index in [1.165, 1.54) is 0 Å². The molecule has 0 aliphatic heterocycles. The number of nitriles is 1. The Morgan fingerprint density at radius 2 is 1.85 bits per heavy atom. The van der Waals surface area contributed by atoms with Crippen LogP contribution in [0.25, 0.3) is 11.1 Å². The first-order chi connectivity index (χ1) is 16.1. The van der Waals surface area contributed by atoms with Crippen molar-refractivity contribution in [1.29, 1.82) is 5.26 Å². The van der Waals surface area contributed by atoms with E-state index in [0.717, 1.165) is 41.8 Å². The van der Waals surface area contributed by atoms with E-state index >= 15 is 0 Å². The van der Waals surface area contributed by atoms with Crippen LogP contribution in [0.3, 0.4) is 0 Å². The van der Waals surface area contributed by atoms with Gasteiger partial charge in [0.15, 0.2) is 0 Å². The van der Waals surface area contributed by atoms with Crippen molar-refractivity contribution in [2.75, 3.05) is 13.1 Å². The fourth-order valence-electron chi connectivity index (χ4n) is 3.98. The van der Waals surface area contributed by atoms with E-state index in [1.807, 2.05) is 35.0 Å². The molecule has 6 nitrogen and oxygen atoms in total. The number of benzene rings is 2. The number of aliphatic hydroxyl groups is 1. The summed E-state index contributed by atoms with van der Waals surface area (Å²) in [7, 11) is 0. The molecule has 0 saturated heterocycles. The quantitative estimate of drug-likeness (QED) is 0.315. The number of imidazole rings is 1. The monoisotopic (exact) mass is 440 g/mol. The standard InChI is InChI=1S/C27H28N4O2/c1-20(32)27-30-14-16-31(27)15-2-3-21-4-6-23(7-5-21)24-8-10-25(11-9-24)33-26-17-22(18-26)19-29-13-12-28/h4-11,14,16,20,22,26,29,32H,13,15,17-19H2,1H3. The van der Waals surface area contributed by atoms with Gasteiger partial charge in [-0.15, -0.1) is 0 Å². The van der Waals surface area contributed by atoms with Gasteiger partial charge in [-0.3, -0.25) is 0 Å². The maximum Gasteiger partial charge on any atom is 0.138 e. The van der Waals surface area contributed by atoms with Crippen LogP contribution < -0.4 is 10.1 Å². The van der Waals surface area contributed by atoms with Crippen molar-refractivity contribution in [3.8, 4) is 34.8 Å². The second-order valence-corrected chi connectivity index (χ2v) is 8.36. The summed E-state index contributed by atoms with van der Waals surface area (Å²) in [6.45, 7) is 3.48. The van der Waals surface area contributed by atoms with Gasteiger partial charge >= 0.3 is 0 Å². The molecule has 1 atom stereocenters. The van der Waals surface area contributed by atoms with Crippen molar-refractivity contribution in [1.82, 2.24) is 14.9 Å². The lowest BCUT2D eigenvalue weighted by molar-refractivity contribution is 0.0653. The highest BCUT2D eigenvalue weighted by atomic mass is 16.5. The van der Waals surface area contributed by atoms with Gasteiger partial charge in [-0.2, -0.15) is 5.26 Å². The van der Waals surface area contributed by atoms with Gasteiger partial charge in [-0.05, 0) is 67.6 Å². The van der Waals surface area contributed by atoms with Crippen LogP contribution in [0.1, 0.15) is 37.3 Å². The number of hydrogen-bond acceptors (Lipinski definition) is 5. The molecule has 0 amide bonds. The largest absolute Gasteiger partial charge is 0.490 e. The second kappa shape index (κ2) is 10.8. The number of hydrogen-bond donors (Lipinski definition) is 2. The fraction of sp³-hybridized carbons (Fsp3) is 0.333. The van der Waals surface area contributed by atoms with Gasteiger partial charge in [0, 0.05) is 18.0 Å². The predicted molar refractivity (Wildman–Crippen MR) is 127 cm³/mol. The summed E-state index contributed by atoms with van der Waals surface area (Å²) in [5.41, 5.74) is 3.21. The average molecular weight is 441 g/mol. The minimum absolute atomic E-state index is 0.265. The third kappa shape index (κ3) is 6.02. The molecule has 1 fully saturated rings. The maximum absolute atomic E-state index is 9.72. The molecule has 1 saturated carbocycles. The van der Waals surface area contributed by atoms with Crippen LogP contribution >= 0.6 is 0 Å². The first-order valence-corrected chi connectivity index (χ1v) is 11.2. The summed E-state index contributed by atoms with van der Waals surface area (Å²) >= 11 is 0. The van der Waals surface area contributed by atoms with Crippen molar-refractivity contribution in [2.45, 2.75) is 38.5 Å². The molecule has 6 heteroatoms. The lowest BCUT2D eigenvalue weighted by atomic mass is 9.82. The minimum Gasteiger partial charge on any atom is -0.490 e. The van der Waals surface area contributed by atoms with Crippen LogP contribution in [-0.2, 0) is 6.54 Å². The molecule has 1 aliphatic rings. The van der Waals surface area contributed by atoms with Gasteiger partial charge in [0.25, 0.3) is 0 Å². The zero-order valence-corrected chi connectivity index (χ0v) is 18.7. The molecule has 1 unspecified atom stereocenters. The van der Waals surface area contributed by atoms with Crippen molar-refractivity contribution in [3.63, 3.8) is 0 Å². The second-order valence-electron chi connectivity index (χ2n) is 8.36. The van der Waals surface area contributed by atoms with Crippen molar-refractivity contribution < 1.29 is 9.84 Å². The van der Waals surface area contributed by atoms with Crippen LogP contribution in [0, 0.1) is 29.1 Å². The molecule has 1 aliphatic carbocycles. The van der Waals surface area contributed by atoms with E-state index in [1.54, 1.807) is 13.1 Å². The normalized spacial score (nSPS) is 17.8. The molecular weight excluding hydrogens is 412 g/mol. The molecule has 2 N–H and O–H groups in total. The topological polar surface area (TPSA) is 83.1 Å². The lowest BCUT2D eigenvalue weighted by Gasteiger charge is -2.35. The molecule has 1 aromatic heterocycles. The van der Waals surface area contributed by atoms with E-state index < -0.39 is 6.10 Å². The highest BCUT2D eigenvalue weighted by Crippen LogP contribution is 2.31. The van der Waals surface area contributed by atoms with Crippen LogP contribution in [0.2, 0.25) is 0 Å². The average Bonchev–Trinajstić information content (AvgIpc) is 3.27. The summed E-state index contributed by atoms with van der Waals surface area (Å²) in [4.78, 5) is 4.16. The number of nitrogens with one attached hydrogen (secondary N) is 1. The van der Waals surface area contributed by atoms with E-state index in [2.05, 4.69) is 52.5 Å². The van der Waals surface area contributed by atoms with Gasteiger partial charge in [-0.1, -0.05) is 36.1 Å². The highest BCUT2D eigenvalue weighted by molar-refractivity contribution is 5.65. The van der Waals surface area contributed by atoms with Gasteiger partial charge in [0.1, 0.15) is 17.7 Å². The molecule has 4 rings (SSSR count). The number of aromatic nitrogens is 2. The van der Waals surface area contributed by atoms with Gasteiger partial charge in [0.2, 0.25) is 0 Å². The third-order valence-corrected chi connectivity index (χ3v) is 5.81. The van der Waals surface area contributed by atoms with E-state index in [-0.39, 0.29) is 6.10 Å². The third-order valence-electron chi connectivity index (χ3n) is 5.81. The molecule has 0 radical (unpaired) electrons.